The van der Waals surface area contributed by atoms with Crippen molar-refractivity contribution in [1.82, 2.24) is 10.9 Å². The molecular formula is C22H18N4O5. The Labute approximate surface area is 177 Å². The molecule has 31 heavy (non-hydrogen) atoms. The van der Waals surface area contributed by atoms with Gasteiger partial charge in [0.15, 0.2) is 0 Å². The molecule has 3 rings (SSSR count). The molecule has 9 heteroatoms. The van der Waals surface area contributed by atoms with Crippen molar-refractivity contribution in [3.8, 4) is 0 Å². The lowest BCUT2D eigenvalue weighted by Crippen LogP contribution is -2.42. The molecule has 0 aromatic heterocycles. The number of anilines is 1. The number of hydrazine groups is 1. The fraction of sp³-hybridized carbons (Fsp3) is 0.0455. The van der Waals surface area contributed by atoms with Gasteiger partial charge in [0.2, 0.25) is 5.91 Å². The van der Waals surface area contributed by atoms with Crippen LogP contribution in [-0.2, 0) is 11.2 Å². The van der Waals surface area contributed by atoms with Crippen LogP contribution in [0.15, 0.2) is 78.9 Å². The first kappa shape index (κ1) is 21.2. The number of benzene rings is 3. The fourth-order valence-corrected chi connectivity index (χ4v) is 2.74. The number of nitro benzene ring substituents is 1. The van der Waals surface area contributed by atoms with Crippen LogP contribution in [0.4, 0.5) is 11.4 Å². The second-order valence-corrected chi connectivity index (χ2v) is 6.47. The summed E-state index contributed by atoms with van der Waals surface area (Å²) in [5.41, 5.74) is 5.88. The van der Waals surface area contributed by atoms with E-state index in [1.165, 1.54) is 36.4 Å². The third kappa shape index (κ3) is 5.73. The predicted octanol–water partition coefficient (Wildman–Crippen LogP) is 2.85. The maximum absolute atomic E-state index is 12.5. The first-order chi connectivity index (χ1) is 14.9. The van der Waals surface area contributed by atoms with Gasteiger partial charge in [-0.2, -0.15) is 0 Å². The Bertz CT molecular complexity index is 1110. The topological polar surface area (TPSA) is 130 Å². The fourth-order valence-electron chi connectivity index (χ4n) is 2.74. The van der Waals surface area contributed by atoms with E-state index in [2.05, 4.69) is 16.2 Å². The summed E-state index contributed by atoms with van der Waals surface area (Å²) in [6.07, 6.45) is 0.0969. The number of hydrogen-bond acceptors (Lipinski definition) is 5. The minimum atomic E-state index is -0.610. The number of non-ortho nitro benzene ring substituents is 1. The quantitative estimate of drug-likeness (QED) is 0.419. The lowest BCUT2D eigenvalue weighted by atomic mass is 10.1. The van der Waals surface area contributed by atoms with E-state index in [0.29, 0.717) is 0 Å². The Kier molecular flexibility index (Phi) is 6.69. The van der Waals surface area contributed by atoms with Crippen molar-refractivity contribution in [3.05, 3.63) is 106 Å². The molecule has 3 aromatic carbocycles. The number of para-hydroxylation sites is 1. The lowest BCUT2D eigenvalue weighted by molar-refractivity contribution is -0.384. The smallest absolute Gasteiger partial charge is 0.271 e. The standard InChI is InChI=1S/C22H18N4O5/c27-20(14-15-6-2-1-3-7-15)24-25-22(29)18-8-4-5-9-19(18)23-21(28)16-10-12-17(13-11-16)26(30)31/h1-13H,14H2,(H,23,28)(H,24,27)(H,25,29). The van der Waals surface area contributed by atoms with Gasteiger partial charge in [0.05, 0.1) is 22.6 Å². The van der Waals surface area contributed by atoms with Crippen LogP contribution in [0.5, 0.6) is 0 Å². The molecule has 0 saturated heterocycles. The van der Waals surface area contributed by atoms with Crippen LogP contribution >= 0.6 is 0 Å². The summed E-state index contributed by atoms with van der Waals surface area (Å²) < 4.78 is 0. The van der Waals surface area contributed by atoms with Gasteiger partial charge in [-0.15, -0.1) is 0 Å². The highest BCUT2D eigenvalue weighted by Gasteiger charge is 2.15. The maximum Gasteiger partial charge on any atom is 0.271 e. The van der Waals surface area contributed by atoms with Gasteiger partial charge in [-0.3, -0.25) is 35.3 Å². The van der Waals surface area contributed by atoms with Crippen molar-refractivity contribution >= 4 is 29.1 Å². The minimum absolute atomic E-state index is 0.0969. The third-order valence-corrected chi connectivity index (χ3v) is 4.28. The highest BCUT2D eigenvalue weighted by molar-refractivity contribution is 6.09. The molecule has 0 aliphatic rings. The Balaban J connectivity index is 1.63. The summed E-state index contributed by atoms with van der Waals surface area (Å²) in [4.78, 5) is 47.2. The van der Waals surface area contributed by atoms with Gasteiger partial charge in [0.25, 0.3) is 17.5 Å². The molecule has 0 aliphatic heterocycles. The van der Waals surface area contributed by atoms with Gasteiger partial charge in [0.1, 0.15) is 0 Å². The van der Waals surface area contributed by atoms with Crippen LogP contribution < -0.4 is 16.2 Å². The van der Waals surface area contributed by atoms with Crippen LogP contribution in [0.1, 0.15) is 26.3 Å². The number of nitrogens with zero attached hydrogens (tertiary/aromatic N) is 1. The van der Waals surface area contributed by atoms with Gasteiger partial charge in [-0.25, -0.2) is 0 Å². The molecule has 9 nitrogen and oxygen atoms in total. The first-order valence-corrected chi connectivity index (χ1v) is 9.22. The molecule has 3 amide bonds. The molecule has 0 saturated carbocycles. The Morgan fingerprint density at radius 3 is 2.10 bits per heavy atom. The number of rotatable bonds is 6. The SMILES string of the molecule is O=C(Cc1ccccc1)NNC(=O)c1ccccc1NC(=O)c1ccc([N+](=O)[O-])cc1. The van der Waals surface area contributed by atoms with Crippen molar-refractivity contribution in [2.75, 3.05) is 5.32 Å². The van der Waals surface area contributed by atoms with Crippen molar-refractivity contribution < 1.29 is 19.3 Å². The second-order valence-electron chi connectivity index (χ2n) is 6.47. The van der Waals surface area contributed by atoms with E-state index in [0.717, 1.165) is 5.56 Å². The van der Waals surface area contributed by atoms with E-state index in [4.69, 9.17) is 0 Å². The molecule has 0 bridgehead atoms. The zero-order valence-corrected chi connectivity index (χ0v) is 16.2. The summed E-state index contributed by atoms with van der Waals surface area (Å²) in [7, 11) is 0. The summed E-state index contributed by atoms with van der Waals surface area (Å²) in [6, 6.07) is 20.4. The summed E-state index contributed by atoms with van der Waals surface area (Å²) >= 11 is 0. The number of amides is 3. The van der Waals surface area contributed by atoms with Gasteiger partial charge in [-0.05, 0) is 29.8 Å². The van der Waals surface area contributed by atoms with E-state index < -0.39 is 22.6 Å². The molecule has 3 N–H and O–H groups in total. The maximum atomic E-state index is 12.5. The predicted molar refractivity (Wildman–Crippen MR) is 113 cm³/mol. The molecule has 3 aromatic rings. The molecule has 0 aliphatic carbocycles. The van der Waals surface area contributed by atoms with Crippen LogP contribution in [0, 0.1) is 10.1 Å². The normalized spacial score (nSPS) is 10.1. The van der Waals surface area contributed by atoms with Gasteiger partial charge >= 0.3 is 0 Å². The summed E-state index contributed by atoms with van der Waals surface area (Å²) in [5.74, 6) is -1.55. The van der Waals surface area contributed by atoms with E-state index in [1.54, 1.807) is 24.3 Å². The van der Waals surface area contributed by atoms with Crippen LogP contribution in [0.25, 0.3) is 0 Å². The number of carbonyl (C=O) groups excluding carboxylic acids is 3. The van der Waals surface area contributed by atoms with Gasteiger partial charge in [0, 0.05) is 17.7 Å². The van der Waals surface area contributed by atoms with E-state index in [1.807, 2.05) is 18.2 Å². The second kappa shape index (κ2) is 9.79. The number of hydrogen-bond donors (Lipinski definition) is 3. The Morgan fingerprint density at radius 1 is 0.774 bits per heavy atom. The molecule has 0 atom stereocenters. The van der Waals surface area contributed by atoms with Crippen LogP contribution in [0.3, 0.4) is 0 Å². The largest absolute Gasteiger partial charge is 0.321 e. The van der Waals surface area contributed by atoms with E-state index in [-0.39, 0.29) is 28.9 Å². The minimum Gasteiger partial charge on any atom is -0.321 e. The molecule has 0 fully saturated rings. The zero-order valence-electron chi connectivity index (χ0n) is 16.2. The van der Waals surface area contributed by atoms with E-state index >= 15 is 0 Å². The van der Waals surface area contributed by atoms with Crippen LogP contribution in [-0.4, -0.2) is 22.6 Å². The van der Waals surface area contributed by atoms with Gasteiger partial charge < -0.3 is 5.32 Å². The average molecular weight is 418 g/mol. The third-order valence-electron chi connectivity index (χ3n) is 4.28. The first-order valence-electron chi connectivity index (χ1n) is 9.22. The van der Waals surface area contributed by atoms with Crippen LogP contribution in [0.2, 0.25) is 0 Å². The average Bonchev–Trinajstić information content (AvgIpc) is 2.78. The van der Waals surface area contributed by atoms with Crippen molar-refractivity contribution in [1.29, 1.82) is 0 Å². The summed E-state index contributed by atoms with van der Waals surface area (Å²) in [5, 5.41) is 13.3. The number of nitro groups is 1. The highest BCUT2D eigenvalue weighted by Crippen LogP contribution is 2.17. The zero-order chi connectivity index (χ0) is 22.2. The van der Waals surface area contributed by atoms with E-state index in [9.17, 15) is 24.5 Å². The Morgan fingerprint density at radius 2 is 1.42 bits per heavy atom. The summed E-state index contributed by atoms with van der Waals surface area (Å²) in [6.45, 7) is 0. The molecule has 0 radical (unpaired) electrons. The molecule has 156 valence electrons. The van der Waals surface area contributed by atoms with Crippen molar-refractivity contribution in [2.45, 2.75) is 6.42 Å². The molecule has 0 heterocycles. The molecule has 0 unspecified atom stereocenters. The Hall–Kier alpha value is -4.53. The monoisotopic (exact) mass is 418 g/mol. The van der Waals surface area contributed by atoms with Crippen molar-refractivity contribution in [2.24, 2.45) is 0 Å². The molecular weight excluding hydrogens is 400 g/mol. The van der Waals surface area contributed by atoms with Gasteiger partial charge in [-0.1, -0.05) is 42.5 Å². The van der Waals surface area contributed by atoms with Crippen molar-refractivity contribution in [3.63, 3.8) is 0 Å². The molecule has 0 spiro atoms. The number of nitrogens with one attached hydrogen (secondary N) is 3. The highest BCUT2D eigenvalue weighted by atomic mass is 16.6. The lowest BCUT2D eigenvalue weighted by Gasteiger charge is -2.12. The number of carbonyl (C=O) groups is 3.